The lowest BCUT2D eigenvalue weighted by Crippen LogP contribution is -2.38. The van der Waals surface area contributed by atoms with Gasteiger partial charge in [0.15, 0.2) is 0 Å². The lowest BCUT2D eigenvalue weighted by Gasteiger charge is -2.18. The third kappa shape index (κ3) is 4.15. The van der Waals surface area contributed by atoms with Gasteiger partial charge in [0, 0.05) is 29.5 Å². The summed E-state index contributed by atoms with van der Waals surface area (Å²) in [6.07, 6.45) is 3.57. The zero-order valence-electron chi connectivity index (χ0n) is 12.1. The summed E-state index contributed by atoms with van der Waals surface area (Å²) in [5.41, 5.74) is 0.902. The molecule has 0 saturated carbocycles. The first-order chi connectivity index (χ1) is 9.97. The minimum atomic E-state index is -0.997. The summed E-state index contributed by atoms with van der Waals surface area (Å²) in [7, 11) is 0. The van der Waals surface area contributed by atoms with Gasteiger partial charge in [-0.3, -0.25) is 4.79 Å². The van der Waals surface area contributed by atoms with Gasteiger partial charge in [0.2, 0.25) is 0 Å². The first-order valence-corrected chi connectivity index (χ1v) is 7.69. The van der Waals surface area contributed by atoms with Crippen LogP contribution in [0.1, 0.15) is 33.5 Å². The van der Waals surface area contributed by atoms with Crippen LogP contribution in [-0.2, 0) is 9.53 Å². The second kappa shape index (κ2) is 6.87. The number of rotatable bonds is 5. The van der Waals surface area contributed by atoms with Crippen LogP contribution in [0.25, 0.3) is 6.08 Å². The molecule has 2 heterocycles. The molecule has 1 aromatic rings. The average molecular weight is 309 g/mol. The summed E-state index contributed by atoms with van der Waals surface area (Å²) in [5.74, 6) is -0.748. The van der Waals surface area contributed by atoms with Crippen molar-refractivity contribution in [1.82, 2.24) is 5.32 Å². The van der Waals surface area contributed by atoms with E-state index < -0.39 is 5.97 Å². The minimum Gasteiger partial charge on any atom is -0.478 e. The molecule has 1 aliphatic heterocycles. The molecule has 0 spiro atoms. The summed E-state index contributed by atoms with van der Waals surface area (Å²) in [5, 5.41) is 11.6. The maximum absolute atomic E-state index is 12.2. The number of amides is 1. The molecule has 5 nitrogen and oxygen atoms in total. The molecule has 0 aliphatic carbocycles. The topological polar surface area (TPSA) is 75.6 Å². The van der Waals surface area contributed by atoms with E-state index >= 15 is 0 Å². The van der Waals surface area contributed by atoms with E-state index in [9.17, 15) is 9.59 Å². The summed E-state index contributed by atoms with van der Waals surface area (Å²) >= 11 is 1.30. The second-order valence-electron chi connectivity index (χ2n) is 5.22. The van der Waals surface area contributed by atoms with Gasteiger partial charge < -0.3 is 15.2 Å². The number of aliphatic carboxylic acids is 1. The van der Waals surface area contributed by atoms with E-state index in [1.807, 2.05) is 13.8 Å². The lowest BCUT2D eigenvalue weighted by molar-refractivity contribution is -0.131. The van der Waals surface area contributed by atoms with Crippen molar-refractivity contribution in [2.75, 3.05) is 13.2 Å². The number of nitrogens with one attached hydrogen (secondary N) is 1. The van der Waals surface area contributed by atoms with Crippen LogP contribution >= 0.6 is 11.3 Å². The molecule has 1 aliphatic rings. The first-order valence-electron chi connectivity index (χ1n) is 6.87. The molecular weight excluding hydrogens is 290 g/mol. The Hall–Kier alpha value is -1.66. The van der Waals surface area contributed by atoms with Gasteiger partial charge in [-0.25, -0.2) is 4.79 Å². The van der Waals surface area contributed by atoms with Gasteiger partial charge in [-0.05, 0) is 38.0 Å². The molecule has 6 heteroatoms. The summed E-state index contributed by atoms with van der Waals surface area (Å²) in [4.78, 5) is 24.2. The molecule has 1 fully saturated rings. The standard InChI is InChI=1S/C15H19NO4S/c1-9-7-13(21-12(9)3-4-14(17)18)15(19)16-10(2)11-5-6-20-8-11/h3-4,7,10-11H,5-6,8H2,1-2H3,(H,16,19)(H,17,18)/b4-3+. The van der Waals surface area contributed by atoms with Crippen LogP contribution in [0.15, 0.2) is 12.1 Å². The van der Waals surface area contributed by atoms with E-state index in [1.54, 1.807) is 6.07 Å². The molecule has 2 unspecified atom stereocenters. The van der Waals surface area contributed by atoms with Gasteiger partial charge in [0.1, 0.15) is 0 Å². The number of carbonyl (C=O) groups excluding carboxylic acids is 1. The number of carboxylic acids is 1. The van der Waals surface area contributed by atoms with Gasteiger partial charge in [0.05, 0.1) is 11.5 Å². The summed E-state index contributed by atoms with van der Waals surface area (Å²) in [6.45, 7) is 5.30. The number of carbonyl (C=O) groups is 2. The third-order valence-corrected chi connectivity index (χ3v) is 4.79. The lowest BCUT2D eigenvalue weighted by atomic mass is 10.0. The van der Waals surface area contributed by atoms with Gasteiger partial charge in [-0.2, -0.15) is 0 Å². The molecule has 2 atom stereocenters. The Morgan fingerprint density at radius 1 is 1.57 bits per heavy atom. The molecule has 1 saturated heterocycles. The van der Waals surface area contributed by atoms with Crippen molar-refractivity contribution in [3.63, 3.8) is 0 Å². The molecule has 2 rings (SSSR count). The minimum absolute atomic E-state index is 0.0698. The fourth-order valence-corrected chi connectivity index (χ4v) is 3.24. The van der Waals surface area contributed by atoms with Crippen LogP contribution in [0.2, 0.25) is 0 Å². The van der Waals surface area contributed by atoms with Crippen molar-refractivity contribution in [2.24, 2.45) is 5.92 Å². The fraction of sp³-hybridized carbons (Fsp3) is 0.467. The number of hydrogen-bond acceptors (Lipinski definition) is 4. The molecule has 0 bridgehead atoms. The maximum atomic E-state index is 12.2. The third-order valence-electron chi connectivity index (χ3n) is 3.59. The van der Waals surface area contributed by atoms with Crippen LogP contribution in [0.5, 0.6) is 0 Å². The quantitative estimate of drug-likeness (QED) is 0.818. The maximum Gasteiger partial charge on any atom is 0.328 e. The van der Waals surface area contributed by atoms with Crippen molar-refractivity contribution in [3.8, 4) is 0 Å². The Morgan fingerprint density at radius 2 is 2.33 bits per heavy atom. The van der Waals surface area contributed by atoms with Crippen molar-refractivity contribution in [3.05, 3.63) is 27.5 Å². The Bertz CT molecular complexity index is 558. The van der Waals surface area contributed by atoms with Crippen molar-refractivity contribution in [1.29, 1.82) is 0 Å². The smallest absolute Gasteiger partial charge is 0.328 e. The van der Waals surface area contributed by atoms with E-state index in [0.29, 0.717) is 17.4 Å². The Balaban J connectivity index is 2.02. The summed E-state index contributed by atoms with van der Waals surface area (Å²) < 4.78 is 5.33. The van der Waals surface area contributed by atoms with E-state index in [0.717, 1.165) is 29.5 Å². The molecule has 21 heavy (non-hydrogen) atoms. The fourth-order valence-electron chi connectivity index (χ4n) is 2.26. The van der Waals surface area contributed by atoms with Crippen LogP contribution < -0.4 is 5.32 Å². The normalized spacial score (nSPS) is 19.8. The number of aryl methyl sites for hydroxylation is 1. The van der Waals surface area contributed by atoms with Crippen LogP contribution in [0, 0.1) is 12.8 Å². The Kier molecular flexibility index (Phi) is 5.14. The van der Waals surface area contributed by atoms with Crippen LogP contribution in [-0.4, -0.2) is 36.2 Å². The molecular formula is C15H19NO4S. The molecule has 0 aromatic carbocycles. The summed E-state index contributed by atoms with van der Waals surface area (Å²) in [6, 6.07) is 1.86. The van der Waals surface area contributed by atoms with Crippen LogP contribution in [0.3, 0.4) is 0 Å². The largest absolute Gasteiger partial charge is 0.478 e. The van der Waals surface area contributed by atoms with E-state index in [4.69, 9.17) is 9.84 Å². The van der Waals surface area contributed by atoms with Gasteiger partial charge in [0.25, 0.3) is 5.91 Å². The van der Waals surface area contributed by atoms with Crippen molar-refractivity contribution in [2.45, 2.75) is 26.3 Å². The Morgan fingerprint density at radius 3 is 2.95 bits per heavy atom. The number of carboxylic acid groups (broad SMARTS) is 1. The predicted octanol–water partition coefficient (Wildman–Crippen LogP) is 2.31. The monoisotopic (exact) mass is 309 g/mol. The van der Waals surface area contributed by atoms with Crippen LogP contribution in [0.4, 0.5) is 0 Å². The zero-order valence-corrected chi connectivity index (χ0v) is 12.9. The van der Waals surface area contributed by atoms with E-state index in [-0.39, 0.29) is 11.9 Å². The SMILES string of the molecule is Cc1cc(C(=O)NC(C)C2CCOC2)sc1/C=C/C(=O)O. The highest BCUT2D eigenvalue weighted by Crippen LogP contribution is 2.24. The number of thiophene rings is 1. The first kappa shape index (κ1) is 15.7. The number of hydrogen-bond donors (Lipinski definition) is 2. The Labute approximate surface area is 127 Å². The molecule has 2 N–H and O–H groups in total. The van der Waals surface area contributed by atoms with Gasteiger partial charge in [-0.1, -0.05) is 0 Å². The highest BCUT2D eigenvalue weighted by molar-refractivity contribution is 7.15. The molecule has 1 aromatic heterocycles. The van der Waals surface area contributed by atoms with E-state index in [2.05, 4.69) is 5.32 Å². The highest BCUT2D eigenvalue weighted by Gasteiger charge is 2.24. The molecule has 0 radical (unpaired) electrons. The highest BCUT2D eigenvalue weighted by atomic mass is 32.1. The van der Waals surface area contributed by atoms with Gasteiger partial charge in [-0.15, -0.1) is 11.3 Å². The number of ether oxygens (including phenoxy) is 1. The van der Waals surface area contributed by atoms with Crippen molar-refractivity contribution < 1.29 is 19.4 Å². The molecule has 114 valence electrons. The molecule has 1 amide bonds. The van der Waals surface area contributed by atoms with Crippen molar-refractivity contribution >= 4 is 29.3 Å². The van der Waals surface area contributed by atoms with Gasteiger partial charge >= 0.3 is 5.97 Å². The zero-order chi connectivity index (χ0) is 15.4. The second-order valence-corrected chi connectivity index (χ2v) is 6.30. The average Bonchev–Trinajstić information content (AvgIpc) is 3.05. The predicted molar refractivity (Wildman–Crippen MR) is 81.6 cm³/mol. The van der Waals surface area contributed by atoms with E-state index in [1.165, 1.54) is 17.4 Å².